The average Bonchev–Trinajstić information content (AvgIpc) is 1.88. The van der Waals surface area contributed by atoms with E-state index in [1.54, 1.807) is 6.08 Å². The summed E-state index contributed by atoms with van der Waals surface area (Å²) >= 11 is 0. The van der Waals surface area contributed by atoms with Crippen molar-refractivity contribution in [3.8, 4) is 0 Å². The highest BCUT2D eigenvalue weighted by Gasteiger charge is 2.07. The number of nitrogens with zero attached hydrogens (tertiary/aromatic N) is 1. The molecule has 0 aromatic rings. The van der Waals surface area contributed by atoms with Crippen LogP contribution in [0.5, 0.6) is 0 Å². The Balaban J connectivity index is 0.000001000. The zero-order chi connectivity index (χ0) is 7.56. The lowest BCUT2D eigenvalue weighted by molar-refractivity contribution is -0.114. The summed E-state index contributed by atoms with van der Waals surface area (Å²) in [6, 6.07) is 0. The molecule has 0 radical (unpaired) electrons. The molecule has 0 aliphatic carbocycles. The largest absolute Gasteiger partial charge is 0.376 e. The second kappa shape index (κ2) is 3.75. The van der Waals surface area contributed by atoms with Gasteiger partial charge in [-0.1, -0.05) is 6.08 Å². The molecule has 0 saturated heterocycles. The van der Waals surface area contributed by atoms with Gasteiger partial charge in [0.25, 0.3) is 0 Å². The number of halogens is 1. The minimum Gasteiger partial charge on any atom is -0.376 e. The van der Waals surface area contributed by atoms with Crippen molar-refractivity contribution in [2.24, 2.45) is 5.73 Å². The molecule has 0 unspecified atom stereocenters. The summed E-state index contributed by atoms with van der Waals surface area (Å²) in [6.45, 7) is 0.617. The molecule has 0 saturated carbocycles. The SMILES string of the molecule is CN1C=CC=C(C(N)=O)C1.F. The first kappa shape index (κ1) is 9.68. The molecule has 0 bridgehead atoms. The summed E-state index contributed by atoms with van der Waals surface area (Å²) in [5, 5.41) is 0. The number of allylic oxidation sites excluding steroid dienone is 2. The van der Waals surface area contributed by atoms with E-state index in [2.05, 4.69) is 0 Å². The lowest BCUT2D eigenvalue weighted by Gasteiger charge is -2.17. The van der Waals surface area contributed by atoms with E-state index in [9.17, 15) is 4.79 Å². The molecule has 1 rings (SSSR count). The molecule has 0 spiro atoms. The molecule has 1 aliphatic heterocycles. The number of hydrogen-bond acceptors (Lipinski definition) is 2. The molecule has 1 amide bonds. The Kier molecular flexibility index (Phi) is 3.30. The first-order chi connectivity index (χ1) is 4.70. The molecule has 3 nitrogen and oxygen atoms in total. The van der Waals surface area contributed by atoms with Crippen LogP contribution in [0.25, 0.3) is 0 Å². The summed E-state index contributed by atoms with van der Waals surface area (Å²) in [6.07, 6.45) is 5.44. The van der Waals surface area contributed by atoms with Crippen LogP contribution in [-0.2, 0) is 4.79 Å². The minimum absolute atomic E-state index is 0. The number of nitrogens with two attached hydrogens (primary N) is 1. The zero-order valence-corrected chi connectivity index (χ0v) is 6.28. The van der Waals surface area contributed by atoms with Crippen LogP contribution in [0.1, 0.15) is 0 Å². The number of amides is 1. The molecule has 0 aromatic heterocycles. The van der Waals surface area contributed by atoms with Gasteiger partial charge in [-0.05, 0) is 12.3 Å². The van der Waals surface area contributed by atoms with Gasteiger partial charge < -0.3 is 10.6 Å². The monoisotopic (exact) mass is 158 g/mol. The van der Waals surface area contributed by atoms with Crippen molar-refractivity contribution in [3.63, 3.8) is 0 Å². The van der Waals surface area contributed by atoms with Crippen LogP contribution in [0.4, 0.5) is 4.70 Å². The van der Waals surface area contributed by atoms with E-state index in [1.807, 2.05) is 24.2 Å². The van der Waals surface area contributed by atoms with E-state index in [0.717, 1.165) is 0 Å². The fraction of sp³-hybridized carbons (Fsp3) is 0.286. The summed E-state index contributed by atoms with van der Waals surface area (Å²) in [5.74, 6) is -0.337. The Morgan fingerprint density at radius 1 is 1.73 bits per heavy atom. The predicted octanol–water partition coefficient (Wildman–Crippen LogP) is 0.00970. The van der Waals surface area contributed by atoms with Gasteiger partial charge in [0.15, 0.2) is 0 Å². The quantitative estimate of drug-likeness (QED) is 0.584. The minimum atomic E-state index is -0.337. The van der Waals surface area contributed by atoms with Gasteiger partial charge in [-0.2, -0.15) is 0 Å². The van der Waals surface area contributed by atoms with Crippen LogP contribution in [0.2, 0.25) is 0 Å². The summed E-state index contributed by atoms with van der Waals surface area (Å²) in [7, 11) is 1.90. The van der Waals surface area contributed by atoms with Crippen LogP contribution in [0.15, 0.2) is 23.9 Å². The highest BCUT2D eigenvalue weighted by Crippen LogP contribution is 2.03. The number of carbonyl (C=O) groups is 1. The molecule has 0 aromatic carbocycles. The average molecular weight is 158 g/mol. The standard InChI is InChI=1S/C7H10N2O.FH/c1-9-4-2-3-6(5-9)7(8)10;/h2-4H,5H2,1H3,(H2,8,10);1H. The molecule has 0 atom stereocenters. The fourth-order valence-corrected chi connectivity index (χ4v) is 0.840. The molecule has 11 heavy (non-hydrogen) atoms. The Morgan fingerprint density at radius 2 is 2.36 bits per heavy atom. The predicted molar refractivity (Wildman–Crippen MR) is 41.6 cm³/mol. The van der Waals surface area contributed by atoms with Crippen molar-refractivity contribution in [3.05, 3.63) is 23.9 Å². The third kappa shape index (κ3) is 2.41. The topological polar surface area (TPSA) is 46.3 Å². The summed E-state index contributed by atoms with van der Waals surface area (Å²) in [5.41, 5.74) is 5.72. The van der Waals surface area contributed by atoms with E-state index in [1.165, 1.54) is 0 Å². The van der Waals surface area contributed by atoms with Gasteiger partial charge in [-0.25, -0.2) is 0 Å². The van der Waals surface area contributed by atoms with Gasteiger partial charge in [0.1, 0.15) is 0 Å². The van der Waals surface area contributed by atoms with Crippen molar-refractivity contribution < 1.29 is 9.50 Å². The molecule has 1 heterocycles. The van der Waals surface area contributed by atoms with Crippen molar-refractivity contribution in [2.45, 2.75) is 0 Å². The van der Waals surface area contributed by atoms with Gasteiger partial charge >= 0.3 is 0 Å². The van der Waals surface area contributed by atoms with Gasteiger partial charge in [-0.3, -0.25) is 9.50 Å². The van der Waals surface area contributed by atoms with Crippen LogP contribution >= 0.6 is 0 Å². The zero-order valence-electron chi connectivity index (χ0n) is 6.28. The van der Waals surface area contributed by atoms with E-state index < -0.39 is 0 Å². The van der Waals surface area contributed by atoms with Gasteiger partial charge in [0.05, 0.1) is 0 Å². The Labute approximate surface area is 64.5 Å². The third-order valence-electron chi connectivity index (χ3n) is 1.37. The molecule has 62 valence electrons. The first-order valence-corrected chi connectivity index (χ1v) is 3.07. The van der Waals surface area contributed by atoms with Gasteiger partial charge in [-0.15, -0.1) is 0 Å². The van der Waals surface area contributed by atoms with E-state index in [0.29, 0.717) is 12.1 Å². The smallest absolute Gasteiger partial charge is 0.246 e. The van der Waals surface area contributed by atoms with Crippen LogP contribution < -0.4 is 5.73 Å². The van der Waals surface area contributed by atoms with Gasteiger partial charge in [0.2, 0.25) is 5.91 Å². The normalized spacial score (nSPS) is 15.4. The van der Waals surface area contributed by atoms with Crippen LogP contribution in [-0.4, -0.2) is 24.4 Å². The molecule has 0 fully saturated rings. The summed E-state index contributed by atoms with van der Waals surface area (Å²) in [4.78, 5) is 12.5. The lowest BCUT2D eigenvalue weighted by atomic mass is 10.2. The molecule has 4 heteroatoms. The van der Waals surface area contributed by atoms with E-state index in [-0.39, 0.29) is 10.6 Å². The van der Waals surface area contributed by atoms with Crippen molar-refractivity contribution in [1.29, 1.82) is 0 Å². The number of carbonyl (C=O) groups excluding carboxylic acids is 1. The van der Waals surface area contributed by atoms with Crippen molar-refractivity contribution in [2.75, 3.05) is 13.6 Å². The Morgan fingerprint density at radius 3 is 2.73 bits per heavy atom. The van der Waals surface area contributed by atoms with Gasteiger partial charge in [0, 0.05) is 19.2 Å². The maximum Gasteiger partial charge on any atom is 0.246 e. The number of hydrogen-bond donors (Lipinski definition) is 1. The first-order valence-electron chi connectivity index (χ1n) is 3.07. The van der Waals surface area contributed by atoms with E-state index in [4.69, 9.17) is 5.73 Å². The molecule has 2 N–H and O–H groups in total. The highest BCUT2D eigenvalue weighted by atomic mass is 19.0. The number of rotatable bonds is 1. The number of likely N-dealkylation sites (N-methyl/N-ethyl adjacent to an activating group) is 1. The second-order valence-corrected chi connectivity index (χ2v) is 2.31. The Hall–Kier alpha value is -1.32. The Bertz CT molecular complexity index is 210. The fourth-order valence-electron chi connectivity index (χ4n) is 0.840. The lowest BCUT2D eigenvalue weighted by Crippen LogP contribution is -2.25. The van der Waals surface area contributed by atoms with Crippen molar-refractivity contribution >= 4 is 5.91 Å². The third-order valence-corrected chi connectivity index (χ3v) is 1.37. The van der Waals surface area contributed by atoms with Crippen LogP contribution in [0.3, 0.4) is 0 Å². The maximum atomic E-state index is 10.6. The maximum absolute atomic E-state index is 10.6. The molecular formula is C7H11FN2O. The van der Waals surface area contributed by atoms with Crippen LogP contribution in [0, 0.1) is 0 Å². The highest BCUT2D eigenvalue weighted by molar-refractivity contribution is 5.92. The second-order valence-electron chi connectivity index (χ2n) is 2.31. The van der Waals surface area contributed by atoms with Crippen molar-refractivity contribution in [1.82, 2.24) is 4.90 Å². The summed E-state index contributed by atoms with van der Waals surface area (Å²) < 4.78 is 0. The molecule has 1 aliphatic rings. The number of primary amides is 1. The molecular weight excluding hydrogens is 147 g/mol. The van der Waals surface area contributed by atoms with E-state index >= 15 is 0 Å².